The third kappa shape index (κ3) is 1.75. The molecule has 0 atom stereocenters. The molecule has 5 heteroatoms. The first-order valence-corrected chi connectivity index (χ1v) is 7.20. The second-order valence-electron chi connectivity index (χ2n) is 4.72. The molecule has 4 nitrogen and oxygen atoms in total. The van der Waals surface area contributed by atoms with Crippen molar-refractivity contribution in [3.63, 3.8) is 0 Å². The molecular weight excluding hydrogens is 272 g/mol. The van der Waals surface area contributed by atoms with Crippen LogP contribution in [0.5, 0.6) is 0 Å². The van der Waals surface area contributed by atoms with E-state index in [-0.39, 0.29) is 0 Å². The Labute approximate surface area is 119 Å². The minimum atomic E-state index is 0.360. The van der Waals surface area contributed by atoms with Crippen molar-refractivity contribution in [3.05, 3.63) is 46.8 Å². The van der Waals surface area contributed by atoms with E-state index in [1.54, 1.807) is 11.3 Å². The quantitative estimate of drug-likeness (QED) is 0.779. The van der Waals surface area contributed by atoms with Crippen molar-refractivity contribution in [1.82, 2.24) is 5.16 Å². The molecule has 0 spiro atoms. The minimum absolute atomic E-state index is 0.360. The smallest absolute Gasteiger partial charge is 0.231 e. The van der Waals surface area contributed by atoms with Gasteiger partial charge in [0.15, 0.2) is 0 Å². The fourth-order valence-electron chi connectivity index (χ4n) is 2.48. The van der Waals surface area contributed by atoms with E-state index in [4.69, 9.17) is 15.0 Å². The Morgan fingerprint density at radius 2 is 2.05 bits per heavy atom. The highest BCUT2D eigenvalue weighted by molar-refractivity contribution is 7.13. The lowest BCUT2D eigenvalue weighted by atomic mass is 10.0. The average Bonchev–Trinajstić information content (AvgIpc) is 3.17. The van der Waals surface area contributed by atoms with E-state index in [1.807, 2.05) is 23.6 Å². The molecule has 3 aromatic rings. The van der Waals surface area contributed by atoms with E-state index in [0.29, 0.717) is 19.1 Å². The summed E-state index contributed by atoms with van der Waals surface area (Å²) in [5.41, 5.74) is 11.1. The van der Waals surface area contributed by atoms with Gasteiger partial charge in [-0.3, -0.25) is 0 Å². The molecule has 1 aromatic carbocycles. The van der Waals surface area contributed by atoms with Gasteiger partial charge < -0.3 is 15.0 Å². The molecule has 0 bridgehead atoms. The van der Waals surface area contributed by atoms with Gasteiger partial charge in [0.25, 0.3) is 0 Å². The standard InChI is InChI=1S/C15H12N2O2S/c16-15-13(12-2-1-5-20-12)14(17-19-15)9-3-4-10-7-18-8-11(10)6-9/h1-6H,7-8,16H2. The molecule has 1 aliphatic heterocycles. The van der Waals surface area contributed by atoms with Crippen LogP contribution in [0, 0.1) is 0 Å². The molecule has 2 aromatic heterocycles. The number of nitrogens with two attached hydrogens (primary N) is 1. The van der Waals surface area contributed by atoms with Crippen molar-refractivity contribution in [2.24, 2.45) is 0 Å². The lowest BCUT2D eigenvalue weighted by molar-refractivity contribution is 0.134. The summed E-state index contributed by atoms with van der Waals surface area (Å²) in [5.74, 6) is 0.360. The van der Waals surface area contributed by atoms with Gasteiger partial charge in [0.2, 0.25) is 5.88 Å². The Morgan fingerprint density at radius 3 is 2.90 bits per heavy atom. The van der Waals surface area contributed by atoms with Crippen LogP contribution in [0.15, 0.2) is 40.2 Å². The van der Waals surface area contributed by atoms with E-state index in [0.717, 1.165) is 21.7 Å². The van der Waals surface area contributed by atoms with Crippen LogP contribution in [-0.4, -0.2) is 5.16 Å². The van der Waals surface area contributed by atoms with Crippen molar-refractivity contribution in [3.8, 4) is 21.7 Å². The van der Waals surface area contributed by atoms with Gasteiger partial charge in [-0.1, -0.05) is 23.4 Å². The summed E-state index contributed by atoms with van der Waals surface area (Å²) in [4.78, 5) is 1.07. The number of hydrogen-bond acceptors (Lipinski definition) is 5. The number of rotatable bonds is 2. The highest BCUT2D eigenvalue weighted by Crippen LogP contribution is 2.39. The number of ether oxygens (including phenoxy) is 1. The predicted octanol–water partition coefficient (Wildman–Crippen LogP) is 3.68. The Kier molecular flexibility index (Phi) is 2.61. The summed E-state index contributed by atoms with van der Waals surface area (Å²) in [5, 5.41) is 6.15. The number of nitrogen functional groups attached to an aromatic ring is 1. The van der Waals surface area contributed by atoms with Crippen LogP contribution in [0.1, 0.15) is 11.1 Å². The zero-order valence-electron chi connectivity index (χ0n) is 10.6. The van der Waals surface area contributed by atoms with Crippen LogP contribution >= 0.6 is 11.3 Å². The summed E-state index contributed by atoms with van der Waals surface area (Å²) in [6, 6.07) is 10.2. The Bertz CT molecular complexity index is 762. The molecule has 0 radical (unpaired) electrons. The largest absolute Gasteiger partial charge is 0.372 e. The number of hydrogen-bond donors (Lipinski definition) is 1. The minimum Gasteiger partial charge on any atom is -0.372 e. The molecule has 100 valence electrons. The number of nitrogens with zero attached hydrogens (tertiary/aromatic N) is 1. The van der Waals surface area contributed by atoms with E-state index in [9.17, 15) is 0 Å². The molecule has 0 fully saturated rings. The maximum atomic E-state index is 5.94. The third-order valence-electron chi connectivity index (χ3n) is 3.48. The zero-order chi connectivity index (χ0) is 13.5. The first-order chi connectivity index (χ1) is 9.83. The Hall–Kier alpha value is -2.11. The van der Waals surface area contributed by atoms with E-state index >= 15 is 0 Å². The molecule has 3 heterocycles. The monoisotopic (exact) mass is 284 g/mol. The van der Waals surface area contributed by atoms with E-state index in [2.05, 4.69) is 17.3 Å². The normalized spacial score (nSPS) is 13.6. The Morgan fingerprint density at radius 1 is 1.15 bits per heavy atom. The zero-order valence-corrected chi connectivity index (χ0v) is 11.4. The number of thiophene rings is 1. The molecule has 4 rings (SSSR count). The van der Waals surface area contributed by atoms with Crippen molar-refractivity contribution in [2.75, 3.05) is 5.73 Å². The van der Waals surface area contributed by atoms with Crippen LogP contribution in [0.4, 0.5) is 5.88 Å². The van der Waals surface area contributed by atoms with Crippen molar-refractivity contribution < 1.29 is 9.26 Å². The van der Waals surface area contributed by atoms with Crippen LogP contribution in [-0.2, 0) is 18.0 Å². The summed E-state index contributed by atoms with van der Waals surface area (Å²) in [6.45, 7) is 1.35. The van der Waals surface area contributed by atoms with E-state index < -0.39 is 0 Å². The SMILES string of the molecule is Nc1onc(-c2ccc3c(c2)COC3)c1-c1cccs1. The summed E-state index contributed by atoms with van der Waals surface area (Å²) in [6.07, 6.45) is 0. The maximum Gasteiger partial charge on any atom is 0.231 e. The molecule has 0 saturated carbocycles. The second kappa shape index (κ2) is 4.47. The molecule has 0 unspecified atom stereocenters. The van der Waals surface area contributed by atoms with Crippen molar-refractivity contribution >= 4 is 17.2 Å². The van der Waals surface area contributed by atoms with Crippen LogP contribution in [0.3, 0.4) is 0 Å². The van der Waals surface area contributed by atoms with Gasteiger partial charge in [0.1, 0.15) is 5.69 Å². The number of anilines is 1. The van der Waals surface area contributed by atoms with Gasteiger partial charge in [-0.2, -0.15) is 0 Å². The molecule has 0 saturated heterocycles. The van der Waals surface area contributed by atoms with Gasteiger partial charge in [0.05, 0.1) is 18.8 Å². The molecule has 2 N–H and O–H groups in total. The van der Waals surface area contributed by atoms with Gasteiger partial charge >= 0.3 is 0 Å². The van der Waals surface area contributed by atoms with Crippen LogP contribution in [0.25, 0.3) is 21.7 Å². The summed E-state index contributed by atoms with van der Waals surface area (Å²) < 4.78 is 10.6. The van der Waals surface area contributed by atoms with Gasteiger partial charge in [-0.05, 0) is 28.6 Å². The summed E-state index contributed by atoms with van der Waals surface area (Å²) in [7, 11) is 0. The molecule has 1 aliphatic rings. The number of benzene rings is 1. The molecule has 0 amide bonds. The summed E-state index contributed by atoms with van der Waals surface area (Å²) >= 11 is 1.62. The van der Waals surface area contributed by atoms with Gasteiger partial charge in [-0.25, -0.2) is 0 Å². The fourth-order valence-corrected chi connectivity index (χ4v) is 3.25. The van der Waals surface area contributed by atoms with Crippen LogP contribution < -0.4 is 5.73 Å². The average molecular weight is 284 g/mol. The molecule has 0 aliphatic carbocycles. The van der Waals surface area contributed by atoms with Crippen molar-refractivity contribution in [1.29, 1.82) is 0 Å². The lowest BCUT2D eigenvalue weighted by Gasteiger charge is -2.03. The topological polar surface area (TPSA) is 61.3 Å². The van der Waals surface area contributed by atoms with Gasteiger partial charge in [0, 0.05) is 10.4 Å². The third-order valence-corrected chi connectivity index (χ3v) is 4.37. The second-order valence-corrected chi connectivity index (χ2v) is 5.67. The highest BCUT2D eigenvalue weighted by atomic mass is 32.1. The molecule has 20 heavy (non-hydrogen) atoms. The number of aromatic nitrogens is 1. The first kappa shape index (κ1) is 11.7. The first-order valence-electron chi connectivity index (χ1n) is 6.32. The predicted molar refractivity (Wildman–Crippen MR) is 78.2 cm³/mol. The Balaban J connectivity index is 1.87. The lowest BCUT2D eigenvalue weighted by Crippen LogP contribution is -1.88. The van der Waals surface area contributed by atoms with Crippen LogP contribution in [0.2, 0.25) is 0 Å². The molecular formula is C15H12N2O2S. The number of fused-ring (bicyclic) bond motifs is 1. The fraction of sp³-hybridized carbons (Fsp3) is 0.133. The highest BCUT2D eigenvalue weighted by Gasteiger charge is 2.20. The maximum absolute atomic E-state index is 5.94. The van der Waals surface area contributed by atoms with Gasteiger partial charge in [-0.15, -0.1) is 11.3 Å². The van der Waals surface area contributed by atoms with Crippen molar-refractivity contribution in [2.45, 2.75) is 13.2 Å². The van der Waals surface area contributed by atoms with E-state index in [1.165, 1.54) is 11.1 Å².